The average molecular weight is 323 g/mol. The van der Waals surface area contributed by atoms with Crippen molar-refractivity contribution >= 4 is 18.3 Å². The Hall–Kier alpha value is -1.85. The molecular weight excluding hydrogens is 300 g/mol. The van der Waals surface area contributed by atoms with E-state index in [0.29, 0.717) is 12.1 Å². The van der Waals surface area contributed by atoms with E-state index in [4.69, 9.17) is 0 Å². The van der Waals surface area contributed by atoms with E-state index in [1.54, 1.807) is 4.68 Å². The Morgan fingerprint density at radius 2 is 1.91 bits per heavy atom. The van der Waals surface area contributed by atoms with E-state index in [1.807, 2.05) is 43.6 Å². The van der Waals surface area contributed by atoms with Gasteiger partial charge in [0.2, 0.25) is 0 Å². The maximum atomic E-state index is 12.0. The van der Waals surface area contributed by atoms with Gasteiger partial charge in [-0.2, -0.15) is 5.10 Å². The fraction of sp³-hybridized carbons (Fsp3) is 0.375. The van der Waals surface area contributed by atoms with Crippen LogP contribution in [0.5, 0.6) is 0 Å². The van der Waals surface area contributed by atoms with Crippen LogP contribution >= 0.6 is 12.4 Å². The smallest absolute Gasteiger partial charge is 0.251 e. The van der Waals surface area contributed by atoms with E-state index in [9.17, 15) is 4.79 Å². The molecule has 0 fully saturated rings. The second-order valence-electron chi connectivity index (χ2n) is 5.02. The summed E-state index contributed by atoms with van der Waals surface area (Å²) in [6, 6.07) is 7.44. The Labute approximate surface area is 137 Å². The van der Waals surface area contributed by atoms with Crippen LogP contribution in [0.15, 0.2) is 36.7 Å². The van der Waals surface area contributed by atoms with Gasteiger partial charge in [0.1, 0.15) is 0 Å². The number of aryl methyl sites for hydroxylation is 1. The van der Waals surface area contributed by atoms with Gasteiger partial charge >= 0.3 is 0 Å². The summed E-state index contributed by atoms with van der Waals surface area (Å²) >= 11 is 0. The van der Waals surface area contributed by atoms with Crippen LogP contribution in [0.4, 0.5) is 0 Å². The highest BCUT2D eigenvalue weighted by Gasteiger charge is 2.05. The van der Waals surface area contributed by atoms with Crippen molar-refractivity contribution in [1.82, 2.24) is 20.4 Å². The highest BCUT2D eigenvalue weighted by molar-refractivity contribution is 5.94. The number of hydrogen-bond donors (Lipinski definition) is 2. The van der Waals surface area contributed by atoms with Gasteiger partial charge in [-0.1, -0.05) is 6.92 Å². The summed E-state index contributed by atoms with van der Waals surface area (Å²) in [6.45, 7) is 6.53. The summed E-state index contributed by atoms with van der Waals surface area (Å²) in [6.07, 6.45) is 4.86. The third-order valence-electron chi connectivity index (χ3n) is 3.12. The molecule has 1 amide bonds. The monoisotopic (exact) mass is 322 g/mol. The zero-order valence-electron chi connectivity index (χ0n) is 13.0. The zero-order chi connectivity index (χ0) is 15.1. The van der Waals surface area contributed by atoms with Gasteiger partial charge in [0.15, 0.2) is 0 Å². The molecule has 6 heteroatoms. The second-order valence-corrected chi connectivity index (χ2v) is 5.02. The molecule has 22 heavy (non-hydrogen) atoms. The summed E-state index contributed by atoms with van der Waals surface area (Å²) < 4.78 is 1.80. The van der Waals surface area contributed by atoms with Gasteiger partial charge in [-0.3, -0.25) is 4.79 Å². The molecule has 5 nitrogen and oxygen atoms in total. The Bertz CT molecular complexity index is 580. The number of carbonyl (C=O) groups excluding carboxylic acids is 1. The normalized spacial score (nSPS) is 10.1. The molecule has 1 heterocycles. The van der Waals surface area contributed by atoms with Crippen LogP contribution in [0, 0.1) is 6.92 Å². The highest BCUT2D eigenvalue weighted by Crippen LogP contribution is 2.09. The molecule has 2 N–H and O–H groups in total. The maximum absolute atomic E-state index is 12.0. The minimum Gasteiger partial charge on any atom is -0.351 e. The molecule has 0 bridgehead atoms. The molecule has 1 aromatic heterocycles. The van der Waals surface area contributed by atoms with Crippen LogP contribution in [0.3, 0.4) is 0 Å². The molecule has 0 atom stereocenters. The molecule has 120 valence electrons. The number of carbonyl (C=O) groups is 1. The first-order valence-corrected chi connectivity index (χ1v) is 7.31. The van der Waals surface area contributed by atoms with Crippen LogP contribution in [0.1, 0.15) is 29.3 Å². The van der Waals surface area contributed by atoms with Crippen molar-refractivity contribution in [3.8, 4) is 5.69 Å². The van der Waals surface area contributed by atoms with E-state index >= 15 is 0 Å². The lowest BCUT2D eigenvalue weighted by molar-refractivity contribution is 0.0954. The molecule has 0 unspecified atom stereocenters. The van der Waals surface area contributed by atoms with Crippen molar-refractivity contribution in [2.75, 3.05) is 19.6 Å². The summed E-state index contributed by atoms with van der Waals surface area (Å²) in [5.41, 5.74) is 2.72. The number of aromatic nitrogens is 2. The van der Waals surface area contributed by atoms with Crippen LogP contribution in [0.2, 0.25) is 0 Å². The summed E-state index contributed by atoms with van der Waals surface area (Å²) in [7, 11) is 0. The Kier molecular flexibility index (Phi) is 7.63. The molecule has 0 saturated heterocycles. The molecular formula is C16H23ClN4O. The number of hydrogen-bond acceptors (Lipinski definition) is 3. The van der Waals surface area contributed by atoms with E-state index in [-0.39, 0.29) is 18.3 Å². The van der Waals surface area contributed by atoms with Gasteiger partial charge in [0.05, 0.1) is 11.9 Å². The van der Waals surface area contributed by atoms with Crippen LogP contribution < -0.4 is 10.6 Å². The minimum absolute atomic E-state index is 0. The second kappa shape index (κ2) is 9.23. The topological polar surface area (TPSA) is 58.9 Å². The number of rotatable bonds is 7. The molecule has 0 aliphatic carbocycles. The Morgan fingerprint density at radius 1 is 1.18 bits per heavy atom. The Balaban J connectivity index is 0.00000242. The number of amides is 1. The van der Waals surface area contributed by atoms with Crippen molar-refractivity contribution in [1.29, 1.82) is 0 Å². The first-order valence-electron chi connectivity index (χ1n) is 7.31. The first-order chi connectivity index (χ1) is 10.2. The average Bonchev–Trinajstić information content (AvgIpc) is 2.93. The van der Waals surface area contributed by atoms with Gasteiger partial charge in [-0.15, -0.1) is 12.4 Å². The van der Waals surface area contributed by atoms with Crippen molar-refractivity contribution in [2.45, 2.75) is 20.3 Å². The molecule has 0 aliphatic rings. The third kappa shape index (κ3) is 5.16. The fourth-order valence-electron chi connectivity index (χ4n) is 1.99. The number of nitrogens with zero attached hydrogens (tertiary/aromatic N) is 2. The summed E-state index contributed by atoms with van der Waals surface area (Å²) in [4.78, 5) is 12.0. The van der Waals surface area contributed by atoms with Crippen LogP contribution in [-0.4, -0.2) is 35.3 Å². The quantitative estimate of drug-likeness (QED) is 0.769. The van der Waals surface area contributed by atoms with Crippen LogP contribution in [0.25, 0.3) is 5.69 Å². The predicted molar refractivity (Wildman–Crippen MR) is 91.0 cm³/mol. The molecule has 2 aromatic rings. The SMILES string of the molecule is CCCNCCNC(=O)c1ccc(-n2cc(C)cn2)cc1.Cl. The minimum atomic E-state index is -0.0449. The van der Waals surface area contributed by atoms with Crippen molar-refractivity contribution in [2.24, 2.45) is 0 Å². The standard InChI is InChI=1S/C16H22N4O.ClH/c1-3-8-17-9-10-18-16(21)14-4-6-15(7-5-14)20-12-13(2)11-19-20;/h4-7,11-12,17H,3,8-10H2,1-2H3,(H,18,21);1H. The lowest BCUT2D eigenvalue weighted by atomic mass is 10.2. The molecule has 2 rings (SSSR count). The predicted octanol–water partition coefficient (Wildman–Crippen LogP) is 2.33. The number of halogens is 1. The molecule has 0 radical (unpaired) electrons. The number of nitrogens with one attached hydrogen (secondary N) is 2. The largest absolute Gasteiger partial charge is 0.351 e. The number of benzene rings is 1. The van der Waals surface area contributed by atoms with Gasteiger partial charge < -0.3 is 10.6 Å². The van der Waals surface area contributed by atoms with Gasteiger partial charge in [0.25, 0.3) is 5.91 Å². The van der Waals surface area contributed by atoms with Gasteiger partial charge in [-0.25, -0.2) is 4.68 Å². The maximum Gasteiger partial charge on any atom is 0.251 e. The molecule has 0 saturated carbocycles. The van der Waals surface area contributed by atoms with E-state index in [1.165, 1.54) is 0 Å². The van der Waals surface area contributed by atoms with E-state index in [2.05, 4.69) is 22.7 Å². The van der Waals surface area contributed by atoms with Gasteiger partial charge in [-0.05, 0) is 49.7 Å². The van der Waals surface area contributed by atoms with E-state index < -0.39 is 0 Å². The molecule has 1 aromatic carbocycles. The highest BCUT2D eigenvalue weighted by atomic mass is 35.5. The van der Waals surface area contributed by atoms with Crippen molar-refractivity contribution < 1.29 is 4.79 Å². The summed E-state index contributed by atoms with van der Waals surface area (Å²) in [5.74, 6) is -0.0449. The van der Waals surface area contributed by atoms with Crippen LogP contribution in [-0.2, 0) is 0 Å². The molecule has 0 aliphatic heterocycles. The van der Waals surface area contributed by atoms with Crippen molar-refractivity contribution in [3.63, 3.8) is 0 Å². The zero-order valence-corrected chi connectivity index (χ0v) is 13.8. The molecule has 0 spiro atoms. The third-order valence-corrected chi connectivity index (χ3v) is 3.12. The fourth-order valence-corrected chi connectivity index (χ4v) is 1.99. The Morgan fingerprint density at radius 3 is 2.50 bits per heavy atom. The lowest BCUT2D eigenvalue weighted by Crippen LogP contribution is -2.32. The van der Waals surface area contributed by atoms with Gasteiger partial charge in [0, 0.05) is 24.8 Å². The summed E-state index contributed by atoms with van der Waals surface area (Å²) in [5, 5.41) is 10.4. The van der Waals surface area contributed by atoms with E-state index in [0.717, 1.165) is 30.8 Å². The van der Waals surface area contributed by atoms with Crippen molar-refractivity contribution in [3.05, 3.63) is 47.8 Å². The lowest BCUT2D eigenvalue weighted by Gasteiger charge is -2.07. The first kappa shape index (κ1) is 18.2.